The second kappa shape index (κ2) is 4.49. The van der Waals surface area contributed by atoms with Gasteiger partial charge in [-0.2, -0.15) is 0 Å². The monoisotopic (exact) mass is 253 g/mol. The van der Waals surface area contributed by atoms with Crippen LogP contribution in [0.25, 0.3) is 0 Å². The summed E-state index contributed by atoms with van der Waals surface area (Å²) in [5.74, 6) is 0.878. The summed E-state index contributed by atoms with van der Waals surface area (Å²) in [7, 11) is 0. The van der Waals surface area contributed by atoms with Gasteiger partial charge in [-0.1, -0.05) is 20.8 Å². The van der Waals surface area contributed by atoms with E-state index in [1.165, 1.54) is 19.3 Å². The molecular formula is C16H31NO. The van der Waals surface area contributed by atoms with Gasteiger partial charge in [0.2, 0.25) is 0 Å². The van der Waals surface area contributed by atoms with Crippen LogP contribution in [0.2, 0.25) is 0 Å². The first kappa shape index (κ1) is 14.3. The Kier molecular flexibility index (Phi) is 3.57. The molecule has 0 spiro atoms. The van der Waals surface area contributed by atoms with Crippen molar-refractivity contribution in [1.82, 2.24) is 5.32 Å². The van der Waals surface area contributed by atoms with Gasteiger partial charge in [0.1, 0.15) is 0 Å². The fraction of sp³-hybridized carbons (Fsp3) is 1.00. The third-order valence-electron chi connectivity index (χ3n) is 5.79. The molecule has 0 aliphatic heterocycles. The molecular weight excluding hydrogens is 222 g/mol. The predicted molar refractivity (Wildman–Crippen MR) is 76.7 cm³/mol. The van der Waals surface area contributed by atoms with Gasteiger partial charge in [0, 0.05) is 12.1 Å². The van der Waals surface area contributed by atoms with Crippen LogP contribution in [0.1, 0.15) is 60.8 Å². The fourth-order valence-corrected chi connectivity index (χ4v) is 4.01. The highest BCUT2D eigenvalue weighted by Crippen LogP contribution is 2.66. The molecule has 2 saturated carbocycles. The molecule has 0 radical (unpaired) electrons. The molecule has 0 unspecified atom stereocenters. The first-order chi connectivity index (χ1) is 8.17. The first-order valence-electron chi connectivity index (χ1n) is 7.53. The van der Waals surface area contributed by atoms with Gasteiger partial charge in [0.15, 0.2) is 0 Å². The summed E-state index contributed by atoms with van der Waals surface area (Å²) in [5, 5.41) is 3.50. The molecule has 3 atom stereocenters. The second-order valence-electron chi connectivity index (χ2n) is 8.15. The van der Waals surface area contributed by atoms with Crippen LogP contribution in [0.3, 0.4) is 0 Å². The average molecular weight is 253 g/mol. The number of fused-ring (bicyclic) bond motifs is 2. The number of nitrogens with one attached hydrogen (secondary N) is 1. The predicted octanol–water partition coefficient (Wildman–Crippen LogP) is 3.61. The Hall–Kier alpha value is -0.0800. The van der Waals surface area contributed by atoms with E-state index >= 15 is 0 Å². The lowest BCUT2D eigenvalue weighted by atomic mass is 9.70. The molecule has 2 rings (SSSR count). The molecule has 2 fully saturated rings. The molecule has 0 heterocycles. The van der Waals surface area contributed by atoms with Crippen molar-refractivity contribution < 1.29 is 4.74 Å². The number of rotatable bonds is 4. The zero-order valence-electron chi connectivity index (χ0n) is 13.1. The standard InChI is InChI=1S/C16H31NO/c1-14(2,3)17-9-10-18-13-11-12-7-8-16(13,6)15(12,4)5/h12-13,17H,7-11H2,1-6H3/t12-,13+,16-/m1/s1. The molecule has 0 aromatic rings. The minimum atomic E-state index is 0.196. The molecule has 0 aromatic carbocycles. The molecule has 18 heavy (non-hydrogen) atoms. The molecule has 2 bridgehead atoms. The van der Waals surface area contributed by atoms with Gasteiger partial charge in [-0.05, 0) is 56.8 Å². The zero-order valence-corrected chi connectivity index (χ0v) is 13.1. The largest absolute Gasteiger partial charge is 0.376 e. The van der Waals surface area contributed by atoms with E-state index in [-0.39, 0.29) is 5.54 Å². The van der Waals surface area contributed by atoms with Crippen LogP contribution in [0.5, 0.6) is 0 Å². The normalized spacial score (nSPS) is 38.3. The number of hydrogen-bond donors (Lipinski definition) is 1. The van der Waals surface area contributed by atoms with Crippen LogP contribution in [0, 0.1) is 16.7 Å². The van der Waals surface area contributed by atoms with Crippen molar-refractivity contribution in [3.05, 3.63) is 0 Å². The van der Waals surface area contributed by atoms with Crippen molar-refractivity contribution in [3.8, 4) is 0 Å². The quantitative estimate of drug-likeness (QED) is 0.773. The topological polar surface area (TPSA) is 21.3 Å². The van der Waals surface area contributed by atoms with Crippen LogP contribution in [0.4, 0.5) is 0 Å². The molecule has 2 aliphatic carbocycles. The van der Waals surface area contributed by atoms with Crippen molar-refractivity contribution >= 4 is 0 Å². The average Bonchev–Trinajstić information content (AvgIpc) is 2.55. The van der Waals surface area contributed by atoms with Crippen molar-refractivity contribution in [1.29, 1.82) is 0 Å². The number of hydrogen-bond acceptors (Lipinski definition) is 2. The van der Waals surface area contributed by atoms with Crippen molar-refractivity contribution in [2.75, 3.05) is 13.2 Å². The minimum absolute atomic E-state index is 0.196. The molecule has 0 saturated heterocycles. The van der Waals surface area contributed by atoms with Crippen LogP contribution in [-0.4, -0.2) is 24.8 Å². The van der Waals surface area contributed by atoms with Crippen LogP contribution >= 0.6 is 0 Å². The van der Waals surface area contributed by atoms with Crippen LogP contribution in [0.15, 0.2) is 0 Å². The summed E-state index contributed by atoms with van der Waals surface area (Å²) >= 11 is 0. The molecule has 0 aromatic heterocycles. The summed E-state index contributed by atoms with van der Waals surface area (Å²) in [5.41, 5.74) is 1.07. The maximum atomic E-state index is 6.21. The van der Waals surface area contributed by atoms with Crippen molar-refractivity contribution in [3.63, 3.8) is 0 Å². The molecule has 2 nitrogen and oxygen atoms in total. The smallest absolute Gasteiger partial charge is 0.0637 e. The maximum Gasteiger partial charge on any atom is 0.0637 e. The van der Waals surface area contributed by atoms with Gasteiger partial charge in [-0.3, -0.25) is 0 Å². The highest BCUT2D eigenvalue weighted by atomic mass is 16.5. The van der Waals surface area contributed by atoms with E-state index in [9.17, 15) is 0 Å². The Balaban J connectivity index is 1.82. The van der Waals surface area contributed by atoms with Gasteiger partial charge >= 0.3 is 0 Å². The van der Waals surface area contributed by atoms with Gasteiger partial charge in [-0.25, -0.2) is 0 Å². The Labute approximate surface area is 113 Å². The summed E-state index contributed by atoms with van der Waals surface area (Å²) in [6.45, 7) is 15.8. The molecule has 106 valence electrons. The van der Waals surface area contributed by atoms with Gasteiger partial charge in [-0.15, -0.1) is 0 Å². The minimum Gasteiger partial charge on any atom is -0.376 e. The Morgan fingerprint density at radius 3 is 2.33 bits per heavy atom. The first-order valence-corrected chi connectivity index (χ1v) is 7.53. The second-order valence-corrected chi connectivity index (χ2v) is 8.15. The van der Waals surface area contributed by atoms with Crippen molar-refractivity contribution in [2.45, 2.75) is 72.4 Å². The van der Waals surface area contributed by atoms with E-state index < -0.39 is 0 Å². The van der Waals surface area contributed by atoms with E-state index in [1.807, 2.05) is 0 Å². The molecule has 0 amide bonds. The maximum absolute atomic E-state index is 6.21. The van der Waals surface area contributed by atoms with Gasteiger partial charge in [0.05, 0.1) is 12.7 Å². The van der Waals surface area contributed by atoms with E-state index in [0.29, 0.717) is 16.9 Å². The van der Waals surface area contributed by atoms with Crippen molar-refractivity contribution in [2.24, 2.45) is 16.7 Å². The van der Waals surface area contributed by atoms with Crippen LogP contribution in [-0.2, 0) is 4.74 Å². The number of ether oxygens (including phenoxy) is 1. The lowest BCUT2D eigenvalue weighted by Gasteiger charge is -2.39. The fourth-order valence-electron chi connectivity index (χ4n) is 4.01. The zero-order chi connectivity index (χ0) is 13.6. The summed E-state index contributed by atoms with van der Waals surface area (Å²) in [4.78, 5) is 0. The van der Waals surface area contributed by atoms with E-state index in [1.54, 1.807) is 0 Å². The molecule has 2 aliphatic rings. The lowest BCUT2D eigenvalue weighted by Crippen LogP contribution is -2.41. The molecule has 1 N–H and O–H groups in total. The highest BCUT2D eigenvalue weighted by molar-refractivity contribution is 5.11. The van der Waals surface area contributed by atoms with E-state index in [2.05, 4.69) is 46.9 Å². The Morgan fingerprint density at radius 2 is 1.89 bits per heavy atom. The van der Waals surface area contributed by atoms with Crippen LogP contribution < -0.4 is 5.32 Å². The third kappa shape index (κ3) is 2.34. The highest BCUT2D eigenvalue weighted by Gasteiger charge is 2.61. The SMILES string of the molecule is CC(C)(C)NCCO[C@H]1C[C@H]2CC[C@@]1(C)C2(C)C. The lowest BCUT2D eigenvalue weighted by molar-refractivity contribution is -0.0459. The summed E-state index contributed by atoms with van der Waals surface area (Å²) in [6, 6.07) is 0. The Bertz CT molecular complexity index is 305. The summed E-state index contributed by atoms with van der Waals surface area (Å²) < 4.78 is 6.21. The van der Waals surface area contributed by atoms with Gasteiger partial charge in [0.25, 0.3) is 0 Å². The van der Waals surface area contributed by atoms with E-state index in [4.69, 9.17) is 4.74 Å². The van der Waals surface area contributed by atoms with E-state index in [0.717, 1.165) is 19.1 Å². The Morgan fingerprint density at radius 1 is 1.22 bits per heavy atom. The molecule has 2 heteroatoms. The summed E-state index contributed by atoms with van der Waals surface area (Å²) in [6.07, 6.45) is 4.51. The van der Waals surface area contributed by atoms with Gasteiger partial charge < -0.3 is 10.1 Å². The third-order valence-corrected chi connectivity index (χ3v) is 5.79.